The molecule has 156 valence electrons. The number of nitro groups is 1. The third kappa shape index (κ3) is 3.20. The molecule has 0 spiro atoms. The Balaban J connectivity index is 1.41. The number of benzene rings is 2. The number of aryl methyl sites for hydroxylation is 1. The van der Waals surface area contributed by atoms with Crippen LogP contribution in [0.4, 0.5) is 11.4 Å². The summed E-state index contributed by atoms with van der Waals surface area (Å²) in [5, 5.41) is 14.2. The van der Waals surface area contributed by atoms with Gasteiger partial charge in [-0.05, 0) is 97.9 Å². The number of carbonyl (C=O) groups is 1. The van der Waals surface area contributed by atoms with E-state index in [1.807, 2.05) is 13.0 Å². The number of nitrogens with one attached hydrogen (secondary N) is 1. The van der Waals surface area contributed by atoms with Crippen LogP contribution in [0, 0.1) is 34.8 Å². The van der Waals surface area contributed by atoms with Crippen molar-refractivity contribution in [2.45, 2.75) is 50.9 Å². The Bertz CT molecular complexity index is 1010. The van der Waals surface area contributed by atoms with Gasteiger partial charge in [-0.25, -0.2) is 0 Å². The van der Waals surface area contributed by atoms with Crippen LogP contribution in [0.3, 0.4) is 0 Å². The van der Waals surface area contributed by atoms with Gasteiger partial charge in [-0.3, -0.25) is 14.9 Å². The highest BCUT2D eigenvalue weighted by atomic mass is 35.5. The zero-order valence-electron chi connectivity index (χ0n) is 17.0. The van der Waals surface area contributed by atoms with Crippen LogP contribution >= 0.6 is 11.6 Å². The van der Waals surface area contributed by atoms with E-state index in [1.165, 1.54) is 56.2 Å². The third-order valence-electron chi connectivity index (χ3n) is 7.54. The molecule has 6 rings (SSSR count). The maximum Gasteiger partial charge on any atom is 0.300 e. The Morgan fingerprint density at radius 1 is 1.10 bits per heavy atom. The van der Waals surface area contributed by atoms with Gasteiger partial charge in [0.2, 0.25) is 0 Å². The molecule has 0 aliphatic heterocycles. The van der Waals surface area contributed by atoms with Gasteiger partial charge in [0.1, 0.15) is 10.6 Å². The first-order valence-electron chi connectivity index (χ1n) is 10.7. The van der Waals surface area contributed by atoms with E-state index in [9.17, 15) is 14.9 Å². The highest BCUT2D eigenvalue weighted by Gasteiger charge is 2.51. The minimum Gasteiger partial charge on any atom is -0.322 e. The molecule has 6 heteroatoms. The highest BCUT2D eigenvalue weighted by Crippen LogP contribution is 2.60. The van der Waals surface area contributed by atoms with E-state index < -0.39 is 10.8 Å². The molecular formula is C24H25ClN2O3. The SMILES string of the molecule is Cc1cc(C23CC4CC(CC(C4)C2)C3)ccc1NC(=O)c1cccc(Cl)c1[N+](=O)[O-]. The molecule has 1 amide bonds. The second kappa shape index (κ2) is 7.09. The van der Waals surface area contributed by atoms with Crippen molar-refractivity contribution in [3.05, 3.63) is 68.2 Å². The van der Waals surface area contributed by atoms with Gasteiger partial charge in [0.05, 0.1) is 4.92 Å². The predicted octanol–water partition coefficient (Wildman–Crippen LogP) is 6.28. The van der Waals surface area contributed by atoms with Gasteiger partial charge >= 0.3 is 5.69 Å². The molecule has 0 atom stereocenters. The maximum absolute atomic E-state index is 12.8. The van der Waals surface area contributed by atoms with E-state index in [0.29, 0.717) is 11.1 Å². The highest BCUT2D eigenvalue weighted by molar-refractivity contribution is 6.33. The summed E-state index contributed by atoms with van der Waals surface area (Å²) >= 11 is 5.95. The van der Waals surface area contributed by atoms with Crippen LogP contribution in [-0.2, 0) is 5.41 Å². The molecule has 4 aliphatic carbocycles. The summed E-state index contributed by atoms with van der Waals surface area (Å²) in [6.07, 6.45) is 8.09. The summed E-state index contributed by atoms with van der Waals surface area (Å²) < 4.78 is 0. The largest absolute Gasteiger partial charge is 0.322 e. The van der Waals surface area contributed by atoms with Crippen LogP contribution in [0.15, 0.2) is 36.4 Å². The summed E-state index contributed by atoms with van der Waals surface area (Å²) in [4.78, 5) is 23.5. The number of halogens is 1. The maximum atomic E-state index is 12.8. The topological polar surface area (TPSA) is 72.2 Å². The van der Waals surface area contributed by atoms with E-state index in [1.54, 1.807) is 6.07 Å². The first-order valence-corrected chi connectivity index (χ1v) is 11.1. The number of nitro benzene ring substituents is 1. The Kier molecular flexibility index (Phi) is 4.62. The number of amides is 1. The fourth-order valence-electron chi connectivity index (χ4n) is 6.67. The minimum absolute atomic E-state index is 0.0305. The molecule has 1 N–H and O–H groups in total. The Hall–Kier alpha value is -2.40. The number of carbonyl (C=O) groups excluding carboxylic acids is 1. The number of hydrogen-bond acceptors (Lipinski definition) is 3. The van der Waals surface area contributed by atoms with Gasteiger partial charge in [0.25, 0.3) is 5.91 Å². The summed E-state index contributed by atoms with van der Waals surface area (Å²) in [6, 6.07) is 10.7. The van der Waals surface area contributed by atoms with Gasteiger partial charge in [0, 0.05) is 5.69 Å². The summed E-state index contributed by atoms with van der Waals surface area (Å²) in [7, 11) is 0. The molecule has 5 nitrogen and oxygen atoms in total. The van der Waals surface area contributed by atoms with Crippen molar-refractivity contribution in [3.8, 4) is 0 Å². The van der Waals surface area contributed by atoms with Crippen LogP contribution in [-0.4, -0.2) is 10.8 Å². The molecule has 2 aromatic carbocycles. The lowest BCUT2D eigenvalue weighted by molar-refractivity contribution is -0.385. The molecule has 4 bridgehead atoms. The predicted molar refractivity (Wildman–Crippen MR) is 117 cm³/mol. The minimum atomic E-state index is -0.611. The van der Waals surface area contributed by atoms with E-state index in [-0.39, 0.29) is 16.3 Å². The molecular weight excluding hydrogens is 400 g/mol. The Morgan fingerprint density at radius 2 is 1.73 bits per heavy atom. The molecule has 0 unspecified atom stereocenters. The van der Waals surface area contributed by atoms with Gasteiger partial charge in [-0.2, -0.15) is 0 Å². The van der Waals surface area contributed by atoms with Crippen molar-refractivity contribution in [3.63, 3.8) is 0 Å². The van der Waals surface area contributed by atoms with E-state index >= 15 is 0 Å². The lowest BCUT2D eigenvalue weighted by atomic mass is 9.48. The first kappa shape index (κ1) is 19.6. The second-order valence-electron chi connectivity index (χ2n) is 9.57. The van der Waals surface area contributed by atoms with E-state index in [0.717, 1.165) is 23.3 Å². The van der Waals surface area contributed by atoms with Crippen LogP contribution in [0.2, 0.25) is 5.02 Å². The quantitative estimate of drug-likeness (QED) is 0.463. The second-order valence-corrected chi connectivity index (χ2v) is 9.98. The zero-order valence-corrected chi connectivity index (χ0v) is 17.7. The number of nitrogens with zero attached hydrogens (tertiary/aromatic N) is 1. The van der Waals surface area contributed by atoms with Crippen molar-refractivity contribution in [2.75, 3.05) is 5.32 Å². The normalized spacial score (nSPS) is 29.1. The number of hydrogen-bond donors (Lipinski definition) is 1. The van der Waals surface area contributed by atoms with Gasteiger partial charge in [0.15, 0.2) is 0 Å². The fraction of sp³-hybridized carbons (Fsp3) is 0.458. The van der Waals surface area contributed by atoms with Gasteiger partial charge < -0.3 is 5.32 Å². The van der Waals surface area contributed by atoms with Gasteiger partial charge in [-0.1, -0.05) is 29.8 Å². The van der Waals surface area contributed by atoms with Crippen molar-refractivity contribution in [2.24, 2.45) is 17.8 Å². The number of para-hydroxylation sites is 1. The van der Waals surface area contributed by atoms with E-state index in [4.69, 9.17) is 11.6 Å². The van der Waals surface area contributed by atoms with Crippen molar-refractivity contribution in [1.29, 1.82) is 0 Å². The van der Waals surface area contributed by atoms with Gasteiger partial charge in [-0.15, -0.1) is 0 Å². The molecule has 0 aromatic heterocycles. The summed E-state index contributed by atoms with van der Waals surface area (Å²) in [6.45, 7) is 1.99. The Labute approximate surface area is 181 Å². The lowest BCUT2D eigenvalue weighted by Gasteiger charge is -2.57. The number of rotatable bonds is 4. The molecule has 0 radical (unpaired) electrons. The lowest BCUT2D eigenvalue weighted by Crippen LogP contribution is -2.48. The monoisotopic (exact) mass is 424 g/mol. The molecule has 30 heavy (non-hydrogen) atoms. The molecule has 4 fully saturated rings. The molecule has 4 saturated carbocycles. The molecule has 0 saturated heterocycles. The van der Waals surface area contributed by atoms with Crippen molar-refractivity contribution < 1.29 is 9.72 Å². The molecule has 0 heterocycles. The van der Waals surface area contributed by atoms with Crippen LogP contribution in [0.5, 0.6) is 0 Å². The van der Waals surface area contributed by atoms with Crippen LogP contribution in [0.1, 0.15) is 60.0 Å². The fourth-order valence-corrected chi connectivity index (χ4v) is 6.92. The average Bonchev–Trinajstić information content (AvgIpc) is 2.68. The van der Waals surface area contributed by atoms with Crippen molar-refractivity contribution in [1.82, 2.24) is 0 Å². The average molecular weight is 425 g/mol. The van der Waals surface area contributed by atoms with Crippen LogP contribution in [0.25, 0.3) is 0 Å². The van der Waals surface area contributed by atoms with E-state index in [2.05, 4.69) is 17.4 Å². The molecule has 2 aromatic rings. The Morgan fingerprint density at radius 3 is 2.30 bits per heavy atom. The van der Waals surface area contributed by atoms with Crippen molar-refractivity contribution >= 4 is 28.9 Å². The zero-order chi connectivity index (χ0) is 21.0. The summed E-state index contributed by atoms with van der Waals surface area (Å²) in [5.41, 5.74) is 2.97. The third-order valence-corrected chi connectivity index (χ3v) is 7.84. The molecule has 4 aliphatic rings. The van der Waals surface area contributed by atoms with Crippen LogP contribution < -0.4 is 5.32 Å². The number of anilines is 1. The first-order chi connectivity index (χ1) is 14.3. The smallest absolute Gasteiger partial charge is 0.300 e. The standard InChI is InChI=1S/C24H25ClN2O3/c1-14-7-18(24-11-15-8-16(12-24)10-17(9-15)13-24)5-6-21(14)26-23(28)19-3-2-4-20(25)22(19)27(29)30/h2-7,15-17H,8-13H2,1H3,(H,26,28). The summed E-state index contributed by atoms with van der Waals surface area (Å²) in [5.74, 6) is 2.10.